The van der Waals surface area contributed by atoms with Gasteiger partial charge in [-0.25, -0.2) is 14.4 Å². The van der Waals surface area contributed by atoms with Crippen LogP contribution in [0.25, 0.3) is 0 Å². The zero-order valence-electron chi connectivity index (χ0n) is 12.8. The third kappa shape index (κ3) is 5.17. The molecule has 0 spiro atoms. The molecule has 0 bridgehead atoms. The predicted molar refractivity (Wildman–Crippen MR) is 83.5 cm³/mol. The largest absolute Gasteiger partial charge is 0.463 e. The number of hydrogen-bond donors (Lipinski definition) is 0. The highest BCUT2D eigenvalue weighted by atomic mass is 32.2. The Morgan fingerprint density at radius 2 is 2.09 bits per heavy atom. The van der Waals surface area contributed by atoms with Gasteiger partial charge in [-0.15, -0.1) is 11.8 Å². The molecule has 2 amide bonds. The van der Waals surface area contributed by atoms with Crippen molar-refractivity contribution in [2.45, 2.75) is 13.3 Å². The topological polar surface area (TPSA) is 79.1 Å². The van der Waals surface area contributed by atoms with E-state index >= 15 is 0 Å². The molecule has 0 unspecified atom stereocenters. The molecule has 7 nitrogen and oxygen atoms in total. The summed E-state index contributed by atoms with van der Waals surface area (Å²) in [4.78, 5) is 35.8. The van der Waals surface area contributed by atoms with E-state index in [1.54, 1.807) is 6.92 Å². The fourth-order valence-corrected chi connectivity index (χ4v) is 2.72. The van der Waals surface area contributed by atoms with Crippen molar-refractivity contribution in [1.29, 1.82) is 0 Å². The molecule has 1 aromatic carbocycles. The zero-order chi connectivity index (χ0) is 16.7. The van der Waals surface area contributed by atoms with Gasteiger partial charge in [-0.1, -0.05) is 40.0 Å². The van der Waals surface area contributed by atoms with Crippen LogP contribution >= 0.6 is 11.8 Å². The molecule has 0 aliphatic carbocycles. The van der Waals surface area contributed by atoms with Crippen molar-refractivity contribution in [3.05, 3.63) is 35.9 Å². The second-order valence-electron chi connectivity index (χ2n) is 4.78. The highest BCUT2D eigenvalue weighted by Crippen LogP contribution is 2.15. The summed E-state index contributed by atoms with van der Waals surface area (Å²) in [5.74, 6) is -0.414. The monoisotopic (exact) mass is 336 g/mol. The van der Waals surface area contributed by atoms with Gasteiger partial charge < -0.3 is 4.74 Å². The van der Waals surface area contributed by atoms with Crippen LogP contribution in [-0.4, -0.2) is 52.3 Å². The standard InChI is InChI=1S/C15H18N3O4S/c1-2-22-15(21)9-17(16-18-11-23-10-14(18)20)13(19)8-12-6-4-3-5-7-12/h3-7H,2,8-11H2,1H3/q+1. The molecule has 1 fully saturated rings. The van der Waals surface area contributed by atoms with Crippen LogP contribution < -0.4 is 0 Å². The lowest BCUT2D eigenvalue weighted by molar-refractivity contribution is -0.518. The Morgan fingerprint density at radius 1 is 1.35 bits per heavy atom. The Labute approximate surface area is 138 Å². The van der Waals surface area contributed by atoms with Crippen LogP contribution in [0.3, 0.4) is 0 Å². The van der Waals surface area contributed by atoms with Crippen molar-refractivity contribution in [3.63, 3.8) is 0 Å². The fraction of sp³-hybridized carbons (Fsp3) is 0.400. The SMILES string of the molecule is CCOC(=O)C[N+](=NN1CSCC1=O)C(=O)Cc1ccccc1. The first-order valence-electron chi connectivity index (χ1n) is 7.19. The van der Waals surface area contributed by atoms with Crippen molar-refractivity contribution < 1.29 is 23.8 Å². The third-order valence-electron chi connectivity index (χ3n) is 3.01. The predicted octanol–water partition coefficient (Wildman–Crippen LogP) is 1.23. The number of carbonyl (C=O) groups is 3. The van der Waals surface area contributed by atoms with E-state index in [0.29, 0.717) is 11.6 Å². The van der Waals surface area contributed by atoms with Gasteiger partial charge in [0, 0.05) is 0 Å². The van der Waals surface area contributed by atoms with E-state index in [9.17, 15) is 14.4 Å². The van der Waals surface area contributed by atoms with E-state index < -0.39 is 5.97 Å². The summed E-state index contributed by atoms with van der Waals surface area (Å²) in [6.45, 7) is 1.60. The Kier molecular flexibility index (Phi) is 6.28. The maximum absolute atomic E-state index is 12.4. The molecular formula is C15H18N3O4S+. The summed E-state index contributed by atoms with van der Waals surface area (Å²) >= 11 is 1.41. The summed E-state index contributed by atoms with van der Waals surface area (Å²) in [5, 5.41) is 5.22. The molecule has 1 aliphatic rings. The van der Waals surface area contributed by atoms with Crippen molar-refractivity contribution in [2.24, 2.45) is 5.22 Å². The Bertz CT molecular complexity index is 618. The molecule has 1 heterocycles. The molecule has 0 atom stereocenters. The maximum Gasteiger partial charge on any atom is 0.350 e. The van der Waals surface area contributed by atoms with E-state index in [-0.39, 0.29) is 31.4 Å². The summed E-state index contributed by atoms with van der Waals surface area (Å²) in [6, 6.07) is 9.15. The molecule has 2 rings (SSSR count). The fourth-order valence-electron chi connectivity index (χ4n) is 1.93. The van der Waals surface area contributed by atoms with Gasteiger partial charge in [0.1, 0.15) is 5.75 Å². The molecule has 0 saturated carbocycles. The van der Waals surface area contributed by atoms with Crippen LogP contribution in [0, 0.1) is 0 Å². The molecular weight excluding hydrogens is 318 g/mol. The lowest BCUT2D eigenvalue weighted by atomic mass is 10.1. The lowest BCUT2D eigenvalue weighted by Crippen LogP contribution is -2.32. The van der Waals surface area contributed by atoms with Crippen molar-refractivity contribution in [1.82, 2.24) is 5.01 Å². The van der Waals surface area contributed by atoms with Crippen molar-refractivity contribution in [2.75, 3.05) is 24.8 Å². The van der Waals surface area contributed by atoms with Crippen LogP contribution in [0.5, 0.6) is 0 Å². The van der Waals surface area contributed by atoms with Crippen LogP contribution in [0.1, 0.15) is 12.5 Å². The minimum Gasteiger partial charge on any atom is -0.463 e. The van der Waals surface area contributed by atoms with Gasteiger partial charge >= 0.3 is 17.8 Å². The number of thioether (sulfide) groups is 1. The van der Waals surface area contributed by atoms with Crippen LogP contribution in [0.15, 0.2) is 35.6 Å². The summed E-state index contributed by atoms with van der Waals surface area (Å²) in [7, 11) is 0. The molecule has 23 heavy (non-hydrogen) atoms. The maximum atomic E-state index is 12.4. The Morgan fingerprint density at radius 3 is 2.70 bits per heavy atom. The van der Waals surface area contributed by atoms with Gasteiger partial charge in [-0.05, 0) is 12.5 Å². The highest BCUT2D eigenvalue weighted by Gasteiger charge is 2.31. The van der Waals surface area contributed by atoms with Gasteiger partial charge in [0.25, 0.3) is 0 Å². The first kappa shape index (κ1) is 17.1. The zero-order valence-corrected chi connectivity index (χ0v) is 13.6. The minimum atomic E-state index is -0.558. The number of carbonyl (C=O) groups excluding carboxylic acids is 3. The first-order chi connectivity index (χ1) is 11.1. The number of ether oxygens (including phenoxy) is 1. The smallest absolute Gasteiger partial charge is 0.350 e. The van der Waals surface area contributed by atoms with Crippen molar-refractivity contribution in [3.8, 4) is 0 Å². The molecule has 0 radical (unpaired) electrons. The summed E-state index contributed by atoms with van der Waals surface area (Å²) in [6.07, 6.45) is 0.0961. The molecule has 1 aliphatic heterocycles. The van der Waals surface area contributed by atoms with E-state index in [4.69, 9.17) is 4.74 Å². The quantitative estimate of drug-likeness (QED) is 0.443. The molecule has 8 heteroatoms. The minimum absolute atomic E-state index is 0.0961. The number of benzene rings is 1. The third-order valence-corrected chi connectivity index (χ3v) is 3.89. The Hall–Kier alpha value is -2.22. The molecule has 1 aromatic rings. The van der Waals surface area contributed by atoms with Crippen molar-refractivity contribution >= 4 is 29.5 Å². The number of nitrogens with zero attached hydrogens (tertiary/aromatic N) is 3. The van der Waals surface area contributed by atoms with Gasteiger partial charge in [0.05, 0.1) is 18.3 Å². The second-order valence-corrected chi connectivity index (χ2v) is 5.73. The average molecular weight is 336 g/mol. The van der Waals surface area contributed by atoms with Crippen LogP contribution in [-0.2, 0) is 25.5 Å². The van der Waals surface area contributed by atoms with E-state index in [0.717, 1.165) is 10.3 Å². The summed E-state index contributed by atoms with van der Waals surface area (Å²) < 4.78 is 5.87. The number of esters is 1. The first-order valence-corrected chi connectivity index (χ1v) is 8.35. The van der Waals surface area contributed by atoms with Gasteiger partial charge in [-0.2, -0.15) is 0 Å². The van der Waals surface area contributed by atoms with E-state index in [2.05, 4.69) is 5.22 Å². The Balaban J connectivity index is 2.14. The number of amides is 2. The van der Waals surface area contributed by atoms with Gasteiger partial charge in [0.2, 0.25) is 6.54 Å². The van der Waals surface area contributed by atoms with E-state index in [1.165, 1.54) is 16.8 Å². The van der Waals surface area contributed by atoms with Gasteiger partial charge in [-0.3, -0.25) is 0 Å². The average Bonchev–Trinajstić information content (AvgIpc) is 2.93. The molecule has 122 valence electrons. The summed E-state index contributed by atoms with van der Waals surface area (Å²) in [5.41, 5.74) is 0.809. The lowest BCUT2D eigenvalue weighted by Gasteiger charge is -2.06. The van der Waals surface area contributed by atoms with E-state index in [1.807, 2.05) is 30.3 Å². The second kappa shape index (κ2) is 8.42. The molecule has 1 saturated heterocycles. The van der Waals surface area contributed by atoms with Crippen LogP contribution in [0.2, 0.25) is 0 Å². The molecule has 0 aromatic heterocycles. The number of rotatable bonds is 6. The molecule has 0 N–H and O–H groups in total. The van der Waals surface area contributed by atoms with Gasteiger partial charge in [0.15, 0.2) is 5.88 Å². The number of hydrogen-bond acceptors (Lipinski definition) is 6. The van der Waals surface area contributed by atoms with Crippen LogP contribution in [0.4, 0.5) is 0 Å². The highest BCUT2D eigenvalue weighted by molar-refractivity contribution is 8.00. The normalized spacial score (nSPS) is 14.9.